The van der Waals surface area contributed by atoms with Gasteiger partial charge in [-0.2, -0.15) is 10.2 Å². The third-order valence-corrected chi connectivity index (χ3v) is 7.66. The summed E-state index contributed by atoms with van der Waals surface area (Å²) < 4.78 is 55.6. The van der Waals surface area contributed by atoms with Crippen LogP contribution in [0.25, 0.3) is 0 Å². The van der Waals surface area contributed by atoms with E-state index in [9.17, 15) is 13.8 Å². The second-order valence-electron chi connectivity index (χ2n) is 9.07. The predicted molar refractivity (Wildman–Crippen MR) is 140 cm³/mol. The molecule has 2 heterocycles. The Balaban J connectivity index is 1.66. The van der Waals surface area contributed by atoms with Crippen LogP contribution in [0.2, 0.25) is 0 Å². The molecular formula is C24H34BrF2N6O4P. The van der Waals surface area contributed by atoms with E-state index in [-0.39, 0.29) is 25.3 Å². The molecule has 14 heteroatoms. The third kappa shape index (κ3) is 9.92. The van der Waals surface area contributed by atoms with Crippen LogP contribution in [-0.4, -0.2) is 46.4 Å². The number of hydrogen-bond donors (Lipinski definition) is 1. The van der Waals surface area contributed by atoms with Crippen molar-refractivity contribution >= 4 is 23.8 Å². The topological polar surface area (TPSA) is 117 Å². The number of aromatic nitrogens is 6. The van der Waals surface area contributed by atoms with Crippen molar-refractivity contribution in [3.8, 4) is 0 Å². The molecule has 0 aliphatic rings. The molecule has 0 bridgehead atoms. The quantitative estimate of drug-likeness (QED) is 0.102. The summed E-state index contributed by atoms with van der Waals surface area (Å²) >= 11 is 3.44. The van der Waals surface area contributed by atoms with Crippen molar-refractivity contribution < 1.29 is 27.3 Å². The summed E-state index contributed by atoms with van der Waals surface area (Å²) in [6.45, 7) is -0.481. The van der Waals surface area contributed by atoms with Crippen LogP contribution in [0.4, 0.5) is 8.78 Å². The van der Waals surface area contributed by atoms with Crippen molar-refractivity contribution in [3.63, 3.8) is 0 Å². The summed E-state index contributed by atoms with van der Waals surface area (Å²) in [5.41, 5.74) is -2.03. The zero-order valence-electron chi connectivity index (χ0n) is 21.2. The van der Waals surface area contributed by atoms with Gasteiger partial charge in [0.2, 0.25) is 0 Å². The van der Waals surface area contributed by atoms with Crippen LogP contribution < -0.4 is 0 Å². The average Bonchev–Trinajstić information content (AvgIpc) is 3.56. The molecule has 1 aromatic carbocycles. The largest absolute Gasteiger partial charge is 0.473 e. The summed E-state index contributed by atoms with van der Waals surface area (Å²) in [7, 11) is -4.71. The molecule has 0 fully saturated rings. The molecule has 0 saturated carbocycles. The first-order valence-corrected chi connectivity index (χ1v) is 15.3. The van der Waals surface area contributed by atoms with E-state index in [0.717, 1.165) is 30.7 Å². The Labute approximate surface area is 229 Å². The van der Waals surface area contributed by atoms with Crippen LogP contribution in [0.3, 0.4) is 0 Å². The number of phosphoric ester groups is 1. The Morgan fingerprint density at radius 1 is 0.895 bits per heavy atom. The van der Waals surface area contributed by atoms with Crippen molar-refractivity contribution in [3.05, 3.63) is 60.7 Å². The summed E-state index contributed by atoms with van der Waals surface area (Å²) in [5, 5.41) is 9.12. The van der Waals surface area contributed by atoms with E-state index >= 15 is 4.39 Å². The Morgan fingerprint density at radius 3 is 1.95 bits per heavy atom. The van der Waals surface area contributed by atoms with Crippen molar-refractivity contribution in [2.45, 2.75) is 76.5 Å². The summed E-state index contributed by atoms with van der Waals surface area (Å²) in [6.07, 6.45) is 14.8. The smallest absolute Gasteiger partial charge is 0.302 e. The van der Waals surface area contributed by atoms with Gasteiger partial charge in [-0.15, -0.1) is 0 Å². The molecule has 0 spiro atoms. The molecule has 0 amide bonds. The highest BCUT2D eigenvalue weighted by Gasteiger charge is 2.44. The normalized spacial score (nSPS) is 13.6. The summed E-state index contributed by atoms with van der Waals surface area (Å²) in [6, 6.07) is 2.89. The van der Waals surface area contributed by atoms with Gasteiger partial charge in [0.1, 0.15) is 42.5 Å². The second kappa shape index (κ2) is 15.5. The van der Waals surface area contributed by atoms with Gasteiger partial charge in [-0.05, 0) is 18.9 Å². The van der Waals surface area contributed by atoms with Crippen LogP contribution in [0, 0.1) is 11.6 Å². The van der Waals surface area contributed by atoms with Gasteiger partial charge in [0.25, 0.3) is 0 Å². The minimum absolute atomic E-state index is 0.00629. The number of hydrogen-bond acceptors (Lipinski definition) is 7. The molecule has 1 atom stereocenters. The molecule has 0 aliphatic heterocycles. The maximum atomic E-state index is 15.1. The first-order chi connectivity index (χ1) is 18.3. The number of unbranched alkanes of at least 4 members (excludes halogenated alkanes) is 8. The molecule has 2 aromatic heterocycles. The second-order valence-corrected chi connectivity index (χ2v) is 11.2. The Morgan fingerprint density at radius 2 is 1.45 bits per heavy atom. The van der Waals surface area contributed by atoms with E-state index in [1.807, 2.05) is 0 Å². The molecule has 1 unspecified atom stereocenters. The van der Waals surface area contributed by atoms with Crippen LogP contribution in [0.15, 0.2) is 43.5 Å². The number of alkyl halides is 1. The Bertz CT molecular complexity index is 1090. The predicted octanol–water partition coefficient (Wildman–Crippen LogP) is 5.78. The fraction of sp³-hybridized carbons (Fsp3) is 0.583. The van der Waals surface area contributed by atoms with Gasteiger partial charge in [-0.3, -0.25) is 9.05 Å². The molecule has 0 aliphatic carbocycles. The van der Waals surface area contributed by atoms with Gasteiger partial charge in [0.15, 0.2) is 0 Å². The zero-order chi connectivity index (χ0) is 27.3. The third-order valence-electron chi connectivity index (χ3n) is 6.01. The molecule has 38 heavy (non-hydrogen) atoms. The molecule has 3 rings (SSSR count). The summed E-state index contributed by atoms with van der Waals surface area (Å²) in [5.74, 6) is -1.76. The lowest BCUT2D eigenvalue weighted by atomic mass is 9.93. The lowest BCUT2D eigenvalue weighted by Gasteiger charge is -2.35. The van der Waals surface area contributed by atoms with E-state index in [2.05, 4.69) is 36.1 Å². The molecular weight excluding hydrogens is 585 g/mol. The molecule has 0 saturated heterocycles. The van der Waals surface area contributed by atoms with Crippen molar-refractivity contribution in [2.24, 2.45) is 0 Å². The number of benzene rings is 1. The van der Waals surface area contributed by atoms with Crippen LogP contribution >= 0.6 is 23.8 Å². The van der Waals surface area contributed by atoms with Crippen molar-refractivity contribution in [1.82, 2.24) is 29.5 Å². The standard InChI is InChI=1S/C24H34BrF2N6O4P/c25-12-8-6-4-2-1-3-5-7-9-13-36-38(34,35)37-24(15-32-19-28-17-30-32,16-33-20-29-18-31-33)22-11-10-21(26)14-23(22)27/h10-11,14,17-20H,1-9,12-13,15-16H2,(H,34,35). The fourth-order valence-electron chi connectivity index (χ4n) is 4.20. The highest BCUT2D eigenvalue weighted by atomic mass is 79.9. The Kier molecular flexibility index (Phi) is 12.5. The van der Waals surface area contributed by atoms with E-state index in [1.165, 1.54) is 72.8 Å². The minimum atomic E-state index is -4.71. The van der Waals surface area contributed by atoms with E-state index in [1.54, 1.807) is 0 Å². The van der Waals surface area contributed by atoms with Gasteiger partial charge >= 0.3 is 7.82 Å². The van der Waals surface area contributed by atoms with Gasteiger partial charge in [0.05, 0.1) is 19.7 Å². The van der Waals surface area contributed by atoms with Crippen molar-refractivity contribution in [1.29, 1.82) is 0 Å². The van der Waals surface area contributed by atoms with E-state index in [0.29, 0.717) is 12.5 Å². The van der Waals surface area contributed by atoms with Gasteiger partial charge in [0, 0.05) is 17.0 Å². The fourth-order valence-corrected chi connectivity index (χ4v) is 5.66. The highest BCUT2D eigenvalue weighted by Crippen LogP contribution is 2.52. The Hall–Kier alpha value is -2.05. The molecule has 3 aromatic rings. The molecule has 0 radical (unpaired) electrons. The van der Waals surface area contributed by atoms with E-state index in [4.69, 9.17) is 9.05 Å². The SMILES string of the molecule is O=P(O)(OCCCCCCCCCCCBr)OC(Cn1cncn1)(Cn1cncn1)c1ccc(F)cc1F. The molecule has 10 nitrogen and oxygen atoms in total. The summed E-state index contributed by atoms with van der Waals surface area (Å²) in [4.78, 5) is 18.4. The highest BCUT2D eigenvalue weighted by molar-refractivity contribution is 9.09. The maximum absolute atomic E-state index is 15.1. The van der Waals surface area contributed by atoms with Crippen LogP contribution in [0.5, 0.6) is 0 Å². The zero-order valence-corrected chi connectivity index (χ0v) is 23.7. The molecule has 1 N–H and O–H groups in total. The van der Waals surface area contributed by atoms with Crippen molar-refractivity contribution in [2.75, 3.05) is 11.9 Å². The molecule has 210 valence electrons. The van der Waals surface area contributed by atoms with Gasteiger partial charge in [-0.25, -0.2) is 32.7 Å². The monoisotopic (exact) mass is 618 g/mol. The maximum Gasteiger partial charge on any atom is 0.473 e. The van der Waals surface area contributed by atoms with Crippen LogP contribution in [-0.2, 0) is 32.3 Å². The first kappa shape index (κ1) is 30.5. The van der Waals surface area contributed by atoms with E-state index < -0.39 is 25.1 Å². The number of halogens is 3. The minimum Gasteiger partial charge on any atom is -0.302 e. The lowest BCUT2D eigenvalue weighted by Crippen LogP contribution is -2.40. The average molecular weight is 619 g/mol. The van der Waals surface area contributed by atoms with Gasteiger partial charge in [-0.1, -0.05) is 66.9 Å². The first-order valence-electron chi connectivity index (χ1n) is 12.7. The lowest BCUT2D eigenvalue weighted by molar-refractivity contribution is -0.0170. The van der Waals surface area contributed by atoms with Gasteiger partial charge < -0.3 is 4.89 Å². The number of rotatable bonds is 19. The van der Waals surface area contributed by atoms with Crippen LogP contribution in [0.1, 0.15) is 63.4 Å². The number of nitrogens with zero attached hydrogens (tertiary/aromatic N) is 6. The number of phosphoric acid groups is 1.